The molecule has 1 N–H and O–H groups in total. The van der Waals surface area contributed by atoms with Gasteiger partial charge in [0.1, 0.15) is 0 Å². The molecule has 0 amide bonds. The number of aromatic nitrogens is 1. The molecule has 0 unspecified atom stereocenters. The van der Waals surface area contributed by atoms with Crippen LogP contribution >= 0.6 is 31.9 Å². The molecule has 1 aliphatic rings. The Hall–Kier alpha value is -2.70. The van der Waals surface area contributed by atoms with Crippen LogP contribution in [0.2, 0.25) is 0 Å². The maximum Gasteiger partial charge on any atom is 0.258 e. The highest BCUT2D eigenvalue weighted by Crippen LogP contribution is 2.36. The van der Waals surface area contributed by atoms with Gasteiger partial charge in [-0.3, -0.25) is 4.79 Å². The number of rotatable bonds is 3. The predicted octanol–water partition coefficient (Wildman–Crippen LogP) is 6.59. The van der Waals surface area contributed by atoms with Crippen molar-refractivity contribution in [1.29, 1.82) is 0 Å². The SMILES string of the molecule is O=c1[nH]c2ccc(Br)cc2c(-c2ccccc2)c1C1=NO[C@@H](c2cccc(Br)c2)C1. The van der Waals surface area contributed by atoms with Gasteiger partial charge in [0.25, 0.3) is 5.56 Å². The molecule has 0 aliphatic carbocycles. The fraction of sp³-hybridized carbons (Fsp3) is 0.0833. The first-order chi connectivity index (χ1) is 14.6. The van der Waals surface area contributed by atoms with Gasteiger partial charge in [0, 0.05) is 31.8 Å². The van der Waals surface area contributed by atoms with Gasteiger partial charge in [-0.15, -0.1) is 0 Å². The number of pyridine rings is 1. The Labute approximate surface area is 189 Å². The third kappa shape index (κ3) is 3.50. The summed E-state index contributed by atoms with van der Waals surface area (Å²) in [5.74, 6) is 0. The average molecular weight is 524 g/mol. The molecule has 0 spiro atoms. The van der Waals surface area contributed by atoms with Crippen molar-refractivity contribution in [1.82, 2.24) is 4.98 Å². The molecule has 30 heavy (non-hydrogen) atoms. The first-order valence-corrected chi connectivity index (χ1v) is 11.1. The zero-order valence-corrected chi connectivity index (χ0v) is 18.9. The maximum absolute atomic E-state index is 13.2. The highest BCUT2D eigenvalue weighted by atomic mass is 79.9. The lowest BCUT2D eigenvalue weighted by atomic mass is 9.91. The number of aromatic amines is 1. The van der Waals surface area contributed by atoms with E-state index in [0.717, 1.165) is 36.5 Å². The van der Waals surface area contributed by atoms with E-state index in [1.54, 1.807) is 0 Å². The standard InChI is InChI=1S/C24H16Br2N2O2/c25-16-8-4-7-15(11-16)21-13-20(28-30-21)23-22(14-5-2-1-3-6-14)18-12-17(26)9-10-19(18)27-24(23)29/h1-12,21H,13H2,(H,27,29)/t21-/m1/s1. The predicted molar refractivity (Wildman–Crippen MR) is 127 cm³/mol. The third-order valence-corrected chi connectivity index (χ3v) is 6.20. The molecule has 0 bridgehead atoms. The van der Waals surface area contributed by atoms with Crippen molar-refractivity contribution in [3.05, 3.63) is 103 Å². The number of halogens is 2. The Balaban J connectivity index is 1.68. The highest BCUT2D eigenvalue weighted by Gasteiger charge is 2.28. The molecule has 0 radical (unpaired) electrons. The largest absolute Gasteiger partial charge is 0.387 e. The number of benzene rings is 3. The van der Waals surface area contributed by atoms with Crippen molar-refractivity contribution in [2.45, 2.75) is 12.5 Å². The second kappa shape index (κ2) is 7.85. The molecule has 2 heterocycles. The fourth-order valence-corrected chi connectivity index (χ4v) is 4.63. The van der Waals surface area contributed by atoms with Crippen molar-refractivity contribution >= 4 is 48.5 Å². The number of nitrogens with one attached hydrogen (secondary N) is 1. The number of hydrogen-bond acceptors (Lipinski definition) is 3. The quantitative estimate of drug-likeness (QED) is 0.329. The van der Waals surface area contributed by atoms with Gasteiger partial charge in [-0.1, -0.05) is 79.5 Å². The molecule has 1 aliphatic heterocycles. The molecule has 0 fully saturated rings. The summed E-state index contributed by atoms with van der Waals surface area (Å²) in [6.45, 7) is 0. The second-order valence-corrected chi connectivity index (χ2v) is 8.98. The number of fused-ring (bicyclic) bond motifs is 1. The van der Waals surface area contributed by atoms with E-state index in [1.165, 1.54) is 0 Å². The Morgan fingerprint density at radius 1 is 0.900 bits per heavy atom. The van der Waals surface area contributed by atoms with E-state index in [1.807, 2.05) is 72.8 Å². The van der Waals surface area contributed by atoms with Crippen LogP contribution in [0.15, 0.2) is 91.7 Å². The first kappa shape index (κ1) is 19.3. The van der Waals surface area contributed by atoms with Crippen LogP contribution in [0.1, 0.15) is 23.7 Å². The van der Waals surface area contributed by atoms with Gasteiger partial charge in [0.15, 0.2) is 6.10 Å². The van der Waals surface area contributed by atoms with E-state index in [4.69, 9.17) is 4.84 Å². The summed E-state index contributed by atoms with van der Waals surface area (Å²) in [6, 6.07) is 23.8. The molecule has 0 saturated carbocycles. The van der Waals surface area contributed by atoms with Gasteiger partial charge >= 0.3 is 0 Å². The topological polar surface area (TPSA) is 54.5 Å². The summed E-state index contributed by atoms with van der Waals surface area (Å²) < 4.78 is 1.93. The minimum atomic E-state index is -0.223. The van der Waals surface area contributed by atoms with Crippen LogP contribution < -0.4 is 5.56 Å². The van der Waals surface area contributed by atoms with Crippen LogP contribution in [0.25, 0.3) is 22.0 Å². The summed E-state index contributed by atoms with van der Waals surface area (Å²) in [6.07, 6.45) is 0.303. The maximum atomic E-state index is 13.2. The van der Waals surface area contributed by atoms with Crippen LogP contribution in [0.3, 0.4) is 0 Å². The normalized spacial score (nSPS) is 15.8. The van der Waals surface area contributed by atoms with Crippen LogP contribution in [-0.2, 0) is 4.84 Å². The number of H-pyrrole nitrogens is 1. The summed E-state index contributed by atoms with van der Waals surface area (Å²) in [5.41, 5.74) is 4.69. The molecule has 4 aromatic rings. The molecule has 5 rings (SSSR count). The van der Waals surface area contributed by atoms with Gasteiger partial charge in [-0.05, 0) is 41.5 Å². The van der Waals surface area contributed by atoms with E-state index in [9.17, 15) is 4.79 Å². The Kier molecular flexibility index (Phi) is 5.05. The summed E-state index contributed by atoms with van der Waals surface area (Å²) in [4.78, 5) is 21.9. The van der Waals surface area contributed by atoms with Crippen LogP contribution in [0.4, 0.5) is 0 Å². The summed E-state index contributed by atoms with van der Waals surface area (Å²) >= 11 is 7.07. The van der Waals surface area contributed by atoms with Crippen LogP contribution in [-0.4, -0.2) is 10.7 Å². The third-order valence-electron chi connectivity index (χ3n) is 5.22. The minimum Gasteiger partial charge on any atom is -0.387 e. The molecular formula is C24H16Br2N2O2. The monoisotopic (exact) mass is 522 g/mol. The number of hydrogen-bond donors (Lipinski definition) is 1. The van der Waals surface area contributed by atoms with Crippen LogP contribution in [0, 0.1) is 0 Å². The van der Waals surface area contributed by atoms with E-state index >= 15 is 0 Å². The molecule has 3 aromatic carbocycles. The first-order valence-electron chi connectivity index (χ1n) is 9.49. The van der Waals surface area contributed by atoms with E-state index in [-0.39, 0.29) is 11.7 Å². The zero-order chi connectivity index (χ0) is 20.7. The van der Waals surface area contributed by atoms with Gasteiger partial charge in [-0.2, -0.15) is 0 Å². The fourth-order valence-electron chi connectivity index (χ4n) is 3.86. The van der Waals surface area contributed by atoms with Crippen molar-refractivity contribution in [2.24, 2.45) is 5.16 Å². The average Bonchev–Trinajstić information content (AvgIpc) is 3.23. The smallest absolute Gasteiger partial charge is 0.258 e. The lowest BCUT2D eigenvalue weighted by Crippen LogP contribution is -2.20. The Bertz CT molecular complexity index is 1350. The van der Waals surface area contributed by atoms with Gasteiger partial charge in [0.2, 0.25) is 0 Å². The lowest BCUT2D eigenvalue weighted by molar-refractivity contribution is 0.0857. The Morgan fingerprint density at radius 2 is 1.70 bits per heavy atom. The molecule has 4 nitrogen and oxygen atoms in total. The zero-order valence-electron chi connectivity index (χ0n) is 15.7. The van der Waals surface area contributed by atoms with Gasteiger partial charge < -0.3 is 9.82 Å². The van der Waals surface area contributed by atoms with Gasteiger partial charge in [0.05, 0.1) is 11.3 Å². The summed E-state index contributed by atoms with van der Waals surface area (Å²) in [5, 5.41) is 5.30. The van der Waals surface area contributed by atoms with Crippen molar-refractivity contribution < 1.29 is 4.84 Å². The summed E-state index contributed by atoms with van der Waals surface area (Å²) in [7, 11) is 0. The van der Waals surface area contributed by atoms with E-state index in [0.29, 0.717) is 17.7 Å². The molecule has 1 atom stereocenters. The highest BCUT2D eigenvalue weighted by molar-refractivity contribution is 9.10. The molecule has 0 saturated heterocycles. The van der Waals surface area contributed by atoms with E-state index in [2.05, 4.69) is 42.0 Å². The van der Waals surface area contributed by atoms with Crippen LogP contribution in [0.5, 0.6) is 0 Å². The van der Waals surface area contributed by atoms with Crippen molar-refractivity contribution in [2.75, 3.05) is 0 Å². The van der Waals surface area contributed by atoms with Gasteiger partial charge in [-0.25, -0.2) is 0 Å². The minimum absolute atomic E-state index is 0.166. The Morgan fingerprint density at radius 3 is 2.50 bits per heavy atom. The number of nitrogens with zero attached hydrogens (tertiary/aromatic N) is 1. The molecule has 148 valence electrons. The van der Waals surface area contributed by atoms with E-state index < -0.39 is 0 Å². The molecule has 1 aromatic heterocycles. The van der Waals surface area contributed by atoms with Crippen molar-refractivity contribution in [3.8, 4) is 11.1 Å². The lowest BCUT2D eigenvalue weighted by Gasteiger charge is -2.13. The molecule has 6 heteroatoms. The number of oxime groups is 1. The molecular weight excluding hydrogens is 508 g/mol. The second-order valence-electron chi connectivity index (χ2n) is 7.15. The van der Waals surface area contributed by atoms with Crippen molar-refractivity contribution in [3.63, 3.8) is 0 Å².